The van der Waals surface area contributed by atoms with Crippen molar-refractivity contribution in [2.24, 2.45) is 0 Å². The molecule has 8 heteroatoms. The fraction of sp³-hybridized carbons (Fsp3) is 0.200. The summed E-state index contributed by atoms with van der Waals surface area (Å²) in [4.78, 5) is 23.0. The van der Waals surface area contributed by atoms with Crippen LogP contribution in [-0.2, 0) is 5.41 Å². The smallest absolute Gasteiger partial charge is 0.344 e. The van der Waals surface area contributed by atoms with Gasteiger partial charge in [-0.2, -0.15) is 5.10 Å². The van der Waals surface area contributed by atoms with E-state index in [0.29, 0.717) is 11.3 Å². The van der Waals surface area contributed by atoms with Crippen molar-refractivity contribution in [2.75, 3.05) is 0 Å². The third-order valence-corrected chi connectivity index (χ3v) is 4.56. The van der Waals surface area contributed by atoms with Crippen molar-refractivity contribution in [1.82, 2.24) is 9.78 Å². The number of benzene rings is 2. The van der Waals surface area contributed by atoms with Crippen molar-refractivity contribution in [1.29, 1.82) is 0 Å². The lowest BCUT2D eigenvalue weighted by molar-refractivity contribution is -0.384. The van der Waals surface area contributed by atoms with Gasteiger partial charge in [0.25, 0.3) is 5.69 Å². The topological polar surface area (TPSA) is 87.3 Å². The molecule has 0 atom stereocenters. The van der Waals surface area contributed by atoms with Gasteiger partial charge in [-0.1, -0.05) is 36.7 Å². The number of aromatic nitrogens is 2. The van der Waals surface area contributed by atoms with Gasteiger partial charge in [-0.25, -0.2) is 9.48 Å². The Kier molecular flexibility index (Phi) is 5.33. The Morgan fingerprint density at radius 2 is 1.71 bits per heavy atom. The highest BCUT2D eigenvalue weighted by atomic mass is 79.9. The largest absolute Gasteiger partial charge is 0.404 e. The van der Waals surface area contributed by atoms with E-state index in [0.717, 1.165) is 10.2 Å². The van der Waals surface area contributed by atoms with E-state index in [1.807, 2.05) is 20.8 Å². The lowest BCUT2D eigenvalue weighted by Gasteiger charge is -2.13. The van der Waals surface area contributed by atoms with Gasteiger partial charge in [0.2, 0.25) is 5.88 Å². The minimum Gasteiger partial charge on any atom is -0.404 e. The third-order valence-electron chi connectivity index (χ3n) is 4.03. The van der Waals surface area contributed by atoms with Crippen LogP contribution < -0.4 is 4.74 Å². The number of esters is 1. The number of halogens is 1. The highest BCUT2D eigenvalue weighted by Gasteiger charge is 2.23. The number of rotatable bonds is 4. The molecular formula is C20H18BrN3O4. The molecule has 0 N–H and O–H groups in total. The molecule has 0 saturated carbocycles. The molecule has 0 amide bonds. The van der Waals surface area contributed by atoms with Crippen LogP contribution in [0.2, 0.25) is 0 Å². The van der Waals surface area contributed by atoms with Crippen molar-refractivity contribution in [3.8, 4) is 11.6 Å². The molecule has 0 bridgehead atoms. The summed E-state index contributed by atoms with van der Waals surface area (Å²) in [5.41, 5.74) is 1.38. The molecule has 3 rings (SSSR count). The number of hydrogen-bond donors (Lipinski definition) is 0. The van der Waals surface area contributed by atoms with Crippen LogP contribution in [0.3, 0.4) is 0 Å². The maximum Gasteiger partial charge on any atom is 0.344 e. The van der Waals surface area contributed by atoms with Crippen LogP contribution in [-0.4, -0.2) is 20.7 Å². The molecule has 1 aromatic heterocycles. The van der Waals surface area contributed by atoms with E-state index in [-0.39, 0.29) is 17.0 Å². The van der Waals surface area contributed by atoms with Gasteiger partial charge in [0.05, 0.1) is 21.9 Å². The number of nitrogens with zero attached hydrogens (tertiary/aromatic N) is 3. The van der Waals surface area contributed by atoms with Crippen LogP contribution in [0.25, 0.3) is 5.69 Å². The van der Waals surface area contributed by atoms with E-state index in [1.54, 1.807) is 42.5 Å². The monoisotopic (exact) mass is 443 g/mol. The summed E-state index contributed by atoms with van der Waals surface area (Å²) in [7, 11) is 0. The molecule has 0 fully saturated rings. The first-order valence-electron chi connectivity index (χ1n) is 8.48. The number of carbonyl (C=O) groups excluding carboxylic acids is 1. The Hall–Kier alpha value is -3.00. The Balaban J connectivity index is 1.99. The van der Waals surface area contributed by atoms with Gasteiger partial charge in [0.15, 0.2) is 0 Å². The number of nitro benzene ring substituents is 1. The average molecular weight is 444 g/mol. The molecule has 7 nitrogen and oxygen atoms in total. The maximum atomic E-state index is 12.5. The highest BCUT2D eigenvalue weighted by Crippen LogP contribution is 2.29. The molecule has 0 radical (unpaired) electrons. The van der Waals surface area contributed by atoms with E-state index >= 15 is 0 Å². The van der Waals surface area contributed by atoms with Gasteiger partial charge in [-0.05, 0) is 36.4 Å². The molecular weight excluding hydrogens is 426 g/mol. The molecule has 0 aliphatic heterocycles. The summed E-state index contributed by atoms with van der Waals surface area (Å²) in [6.07, 6.45) is 0. The fourth-order valence-electron chi connectivity index (χ4n) is 2.44. The second-order valence-corrected chi connectivity index (χ2v) is 8.12. The molecule has 1 heterocycles. The summed E-state index contributed by atoms with van der Waals surface area (Å²) in [6.45, 7) is 5.99. The number of hydrogen-bond acceptors (Lipinski definition) is 5. The van der Waals surface area contributed by atoms with E-state index in [1.165, 1.54) is 16.8 Å². The van der Waals surface area contributed by atoms with E-state index in [4.69, 9.17) is 4.74 Å². The minimum absolute atomic E-state index is 0.0274. The molecule has 2 aromatic carbocycles. The predicted molar refractivity (Wildman–Crippen MR) is 108 cm³/mol. The molecule has 0 aliphatic rings. The first kappa shape index (κ1) is 19.8. The van der Waals surface area contributed by atoms with E-state index < -0.39 is 10.9 Å². The van der Waals surface area contributed by atoms with Crippen LogP contribution in [0.4, 0.5) is 5.69 Å². The summed E-state index contributed by atoms with van der Waals surface area (Å²) in [5.74, 6) is -0.275. The molecule has 144 valence electrons. The molecule has 0 unspecified atom stereocenters. The standard InChI is InChI=1S/C20H18BrN3O4/c1-20(2,3)17-12-18(28-19(25)13-4-6-14(21)7-5-13)23(22-17)15-8-10-16(11-9-15)24(26)27/h4-12H,1-3H3. The van der Waals surface area contributed by atoms with Gasteiger partial charge >= 0.3 is 5.97 Å². The lowest BCUT2D eigenvalue weighted by Crippen LogP contribution is -2.13. The predicted octanol–water partition coefficient (Wildman–Crippen LogP) is 5.06. The quantitative estimate of drug-likeness (QED) is 0.319. The SMILES string of the molecule is CC(C)(C)c1cc(OC(=O)c2ccc(Br)cc2)n(-c2ccc([N+](=O)[O-])cc2)n1. The van der Waals surface area contributed by atoms with E-state index in [2.05, 4.69) is 21.0 Å². The van der Waals surface area contributed by atoms with Crippen molar-refractivity contribution in [2.45, 2.75) is 26.2 Å². The summed E-state index contributed by atoms with van der Waals surface area (Å²) < 4.78 is 7.92. The van der Waals surface area contributed by atoms with Crippen molar-refractivity contribution < 1.29 is 14.5 Å². The fourth-order valence-corrected chi connectivity index (χ4v) is 2.71. The van der Waals surface area contributed by atoms with Gasteiger partial charge in [-0.3, -0.25) is 10.1 Å². The zero-order valence-electron chi connectivity index (χ0n) is 15.5. The van der Waals surface area contributed by atoms with Crippen LogP contribution >= 0.6 is 15.9 Å². The number of carbonyl (C=O) groups is 1. The Morgan fingerprint density at radius 1 is 1.11 bits per heavy atom. The zero-order chi connectivity index (χ0) is 20.5. The lowest BCUT2D eigenvalue weighted by atomic mass is 9.93. The maximum absolute atomic E-state index is 12.5. The van der Waals surface area contributed by atoms with Crippen LogP contribution in [0.15, 0.2) is 59.1 Å². The minimum atomic E-state index is -0.518. The van der Waals surface area contributed by atoms with E-state index in [9.17, 15) is 14.9 Å². The van der Waals surface area contributed by atoms with Crippen LogP contribution in [0.1, 0.15) is 36.8 Å². The number of ether oxygens (including phenoxy) is 1. The van der Waals surface area contributed by atoms with Gasteiger partial charge in [-0.15, -0.1) is 0 Å². The first-order chi connectivity index (χ1) is 13.1. The van der Waals surface area contributed by atoms with Crippen LogP contribution in [0.5, 0.6) is 5.88 Å². The van der Waals surface area contributed by atoms with Gasteiger partial charge in [0, 0.05) is 28.1 Å². The number of non-ortho nitro benzene ring substituents is 1. The van der Waals surface area contributed by atoms with Crippen molar-refractivity contribution in [3.05, 3.63) is 80.4 Å². The Bertz CT molecular complexity index is 1020. The average Bonchev–Trinajstić information content (AvgIpc) is 3.06. The van der Waals surface area contributed by atoms with Gasteiger partial charge < -0.3 is 4.74 Å². The van der Waals surface area contributed by atoms with Crippen LogP contribution in [0, 0.1) is 10.1 Å². The Labute approximate surface area is 170 Å². The molecule has 0 saturated heterocycles. The van der Waals surface area contributed by atoms with Crippen molar-refractivity contribution in [3.63, 3.8) is 0 Å². The normalized spacial score (nSPS) is 11.3. The molecule has 0 aliphatic carbocycles. The molecule has 3 aromatic rings. The number of nitro groups is 1. The first-order valence-corrected chi connectivity index (χ1v) is 9.27. The summed E-state index contributed by atoms with van der Waals surface area (Å²) in [5, 5.41) is 15.4. The zero-order valence-corrected chi connectivity index (χ0v) is 17.1. The van der Waals surface area contributed by atoms with Gasteiger partial charge in [0.1, 0.15) is 0 Å². The second-order valence-electron chi connectivity index (χ2n) is 7.20. The highest BCUT2D eigenvalue weighted by molar-refractivity contribution is 9.10. The second kappa shape index (κ2) is 7.55. The van der Waals surface area contributed by atoms with Crippen molar-refractivity contribution >= 4 is 27.6 Å². The molecule has 0 spiro atoms. The summed E-state index contributed by atoms with van der Waals surface area (Å²) in [6, 6.07) is 14.4. The summed E-state index contributed by atoms with van der Waals surface area (Å²) >= 11 is 3.33. The third kappa shape index (κ3) is 4.28. The Morgan fingerprint density at radius 3 is 2.25 bits per heavy atom. The molecule has 28 heavy (non-hydrogen) atoms.